The van der Waals surface area contributed by atoms with Crippen molar-refractivity contribution < 1.29 is 4.79 Å². The van der Waals surface area contributed by atoms with Crippen molar-refractivity contribution in [3.63, 3.8) is 0 Å². The largest absolute Gasteiger partial charge is 0.352 e. The summed E-state index contributed by atoms with van der Waals surface area (Å²) < 4.78 is 0. The summed E-state index contributed by atoms with van der Waals surface area (Å²) in [6.45, 7) is 0.724. The molecule has 0 radical (unpaired) electrons. The molecule has 1 aromatic rings. The Morgan fingerprint density at radius 3 is 3.06 bits per heavy atom. The fourth-order valence-electron chi connectivity index (χ4n) is 2.29. The van der Waals surface area contributed by atoms with E-state index in [-0.39, 0.29) is 5.91 Å². The van der Waals surface area contributed by atoms with Crippen molar-refractivity contribution in [3.05, 3.63) is 18.0 Å². The zero-order chi connectivity index (χ0) is 11.4. The van der Waals surface area contributed by atoms with Gasteiger partial charge in [-0.15, -0.1) is 11.6 Å². The normalized spacial score (nSPS) is 24.6. The minimum Gasteiger partial charge on any atom is -0.352 e. The van der Waals surface area contributed by atoms with Crippen molar-refractivity contribution in [2.24, 2.45) is 11.8 Å². The van der Waals surface area contributed by atoms with Gasteiger partial charge in [0.2, 0.25) is 0 Å². The van der Waals surface area contributed by atoms with E-state index >= 15 is 0 Å². The maximum absolute atomic E-state index is 11.7. The zero-order valence-corrected chi connectivity index (χ0v) is 9.83. The van der Waals surface area contributed by atoms with Crippen LogP contribution >= 0.6 is 11.6 Å². The highest BCUT2D eigenvalue weighted by Crippen LogP contribution is 2.31. The first-order valence-electron chi connectivity index (χ1n) is 5.64. The summed E-state index contributed by atoms with van der Waals surface area (Å²) >= 11 is 5.89. The van der Waals surface area contributed by atoms with Gasteiger partial charge in [0.25, 0.3) is 5.91 Å². The maximum atomic E-state index is 11.7. The van der Waals surface area contributed by atoms with E-state index < -0.39 is 0 Å². The van der Waals surface area contributed by atoms with E-state index in [4.69, 9.17) is 11.6 Å². The van der Waals surface area contributed by atoms with Gasteiger partial charge in [-0.05, 0) is 24.7 Å². The van der Waals surface area contributed by atoms with Crippen molar-refractivity contribution in [3.8, 4) is 0 Å². The fraction of sp³-hybridized carbons (Fsp3) is 0.636. The van der Waals surface area contributed by atoms with Crippen molar-refractivity contribution in [1.29, 1.82) is 0 Å². The van der Waals surface area contributed by atoms with E-state index in [0.717, 1.165) is 6.54 Å². The van der Waals surface area contributed by atoms with E-state index in [1.165, 1.54) is 25.5 Å². The Hall–Kier alpha value is -1.03. The van der Waals surface area contributed by atoms with Gasteiger partial charge in [0, 0.05) is 18.6 Å². The Labute approximate surface area is 99.8 Å². The van der Waals surface area contributed by atoms with Crippen LogP contribution in [-0.4, -0.2) is 28.5 Å². The van der Waals surface area contributed by atoms with Crippen LogP contribution < -0.4 is 5.32 Å². The molecule has 1 saturated carbocycles. The minimum atomic E-state index is -0.0611. The van der Waals surface area contributed by atoms with Crippen molar-refractivity contribution in [2.45, 2.75) is 19.3 Å². The molecule has 1 aliphatic rings. The zero-order valence-electron chi connectivity index (χ0n) is 9.08. The van der Waals surface area contributed by atoms with E-state index in [1.54, 1.807) is 6.20 Å². The molecular formula is C11H16ClN3O. The number of nitrogens with one attached hydrogen (secondary N) is 2. The summed E-state index contributed by atoms with van der Waals surface area (Å²) in [7, 11) is 0. The number of carbonyl (C=O) groups excluding carboxylic acids is 1. The first-order valence-corrected chi connectivity index (χ1v) is 6.17. The molecule has 88 valence electrons. The first kappa shape index (κ1) is 11.5. The van der Waals surface area contributed by atoms with Crippen molar-refractivity contribution >= 4 is 17.5 Å². The molecule has 2 rings (SSSR count). The van der Waals surface area contributed by atoms with Crippen LogP contribution in [0.2, 0.25) is 0 Å². The van der Waals surface area contributed by atoms with Crippen LogP contribution in [0.25, 0.3) is 0 Å². The fourth-order valence-corrected chi connectivity index (χ4v) is 2.69. The number of hydrogen-bond acceptors (Lipinski definition) is 2. The molecule has 5 heteroatoms. The Bertz CT molecular complexity index is 339. The van der Waals surface area contributed by atoms with Crippen LogP contribution in [0, 0.1) is 11.8 Å². The second-order valence-corrected chi connectivity index (χ2v) is 4.61. The van der Waals surface area contributed by atoms with Gasteiger partial charge in [0.05, 0.1) is 11.8 Å². The van der Waals surface area contributed by atoms with Gasteiger partial charge in [-0.25, -0.2) is 0 Å². The third-order valence-electron chi connectivity index (χ3n) is 3.30. The number of rotatable bonds is 4. The molecule has 0 bridgehead atoms. The highest BCUT2D eigenvalue weighted by molar-refractivity contribution is 6.18. The molecule has 1 aromatic heterocycles. The van der Waals surface area contributed by atoms with Crippen LogP contribution in [0.1, 0.15) is 29.6 Å². The Morgan fingerprint density at radius 2 is 2.38 bits per heavy atom. The quantitative estimate of drug-likeness (QED) is 0.790. The highest BCUT2D eigenvalue weighted by Gasteiger charge is 2.26. The predicted octanol–water partition coefficient (Wildman–Crippen LogP) is 1.79. The Morgan fingerprint density at radius 1 is 1.56 bits per heavy atom. The monoisotopic (exact) mass is 241 g/mol. The SMILES string of the molecule is O=C(NCC1CCCC1CCl)c1cn[nH]c1. The average Bonchev–Trinajstić information content (AvgIpc) is 2.96. The Kier molecular flexibility index (Phi) is 3.83. The summed E-state index contributed by atoms with van der Waals surface area (Å²) in [6.07, 6.45) is 6.72. The van der Waals surface area contributed by atoms with Crippen molar-refractivity contribution in [2.75, 3.05) is 12.4 Å². The highest BCUT2D eigenvalue weighted by atomic mass is 35.5. The molecule has 4 nitrogen and oxygen atoms in total. The summed E-state index contributed by atoms with van der Waals surface area (Å²) in [6, 6.07) is 0. The van der Waals surface area contributed by atoms with Gasteiger partial charge in [-0.3, -0.25) is 9.89 Å². The van der Waals surface area contributed by atoms with E-state index in [0.29, 0.717) is 23.3 Å². The van der Waals surface area contributed by atoms with Crippen LogP contribution in [-0.2, 0) is 0 Å². The van der Waals surface area contributed by atoms with Crippen LogP contribution in [0.15, 0.2) is 12.4 Å². The Balaban J connectivity index is 1.81. The third kappa shape index (κ3) is 2.55. The topological polar surface area (TPSA) is 57.8 Å². The van der Waals surface area contributed by atoms with Crippen LogP contribution in [0.3, 0.4) is 0 Å². The molecule has 0 aromatic carbocycles. The molecule has 1 aliphatic carbocycles. The second-order valence-electron chi connectivity index (χ2n) is 4.30. The van der Waals surface area contributed by atoms with E-state index in [2.05, 4.69) is 15.5 Å². The number of aromatic nitrogens is 2. The minimum absolute atomic E-state index is 0.0611. The number of carbonyl (C=O) groups is 1. The lowest BCUT2D eigenvalue weighted by atomic mass is 9.98. The molecule has 2 unspecified atom stereocenters. The van der Waals surface area contributed by atoms with E-state index in [9.17, 15) is 4.79 Å². The number of halogens is 1. The molecule has 1 amide bonds. The molecule has 0 saturated heterocycles. The lowest BCUT2D eigenvalue weighted by molar-refractivity contribution is 0.0945. The van der Waals surface area contributed by atoms with E-state index in [1.807, 2.05) is 0 Å². The summed E-state index contributed by atoms with van der Waals surface area (Å²) in [5, 5.41) is 9.31. The number of aromatic amines is 1. The summed E-state index contributed by atoms with van der Waals surface area (Å²) in [5.41, 5.74) is 0.584. The average molecular weight is 242 g/mol. The number of hydrogen-bond donors (Lipinski definition) is 2. The van der Waals surface area contributed by atoms with Crippen molar-refractivity contribution in [1.82, 2.24) is 15.5 Å². The number of amides is 1. The number of H-pyrrole nitrogens is 1. The molecule has 1 heterocycles. The maximum Gasteiger partial charge on any atom is 0.254 e. The molecule has 0 spiro atoms. The van der Waals surface area contributed by atoms with Gasteiger partial charge in [-0.1, -0.05) is 6.42 Å². The smallest absolute Gasteiger partial charge is 0.254 e. The number of alkyl halides is 1. The number of nitrogens with zero attached hydrogens (tertiary/aromatic N) is 1. The third-order valence-corrected chi connectivity index (χ3v) is 3.70. The van der Waals surface area contributed by atoms with Gasteiger partial charge >= 0.3 is 0 Å². The molecule has 0 aliphatic heterocycles. The van der Waals surface area contributed by atoms with Gasteiger partial charge in [0.1, 0.15) is 0 Å². The van der Waals surface area contributed by atoms with Crippen LogP contribution in [0.4, 0.5) is 0 Å². The molecule has 1 fully saturated rings. The second kappa shape index (κ2) is 5.34. The summed E-state index contributed by atoms with van der Waals surface area (Å²) in [5.74, 6) is 1.74. The predicted molar refractivity (Wildman–Crippen MR) is 62.5 cm³/mol. The van der Waals surface area contributed by atoms with Gasteiger partial charge in [-0.2, -0.15) is 5.10 Å². The first-order chi connectivity index (χ1) is 7.81. The van der Waals surface area contributed by atoms with Gasteiger partial charge in [0.15, 0.2) is 0 Å². The van der Waals surface area contributed by atoms with Crippen LogP contribution in [0.5, 0.6) is 0 Å². The molecule has 16 heavy (non-hydrogen) atoms. The van der Waals surface area contributed by atoms with Gasteiger partial charge < -0.3 is 5.32 Å². The molecule has 2 N–H and O–H groups in total. The molecule has 2 atom stereocenters. The lowest BCUT2D eigenvalue weighted by Crippen LogP contribution is -2.31. The summed E-state index contributed by atoms with van der Waals surface area (Å²) in [4.78, 5) is 11.7. The molecular weight excluding hydrogens is 226 g/mol. The standard InChI is InChI=1S/C11H16ClN3O/c12-4-8-2-1-3-9(8)5-13-11(16)10-6-14-15-7-10/h6-9H,1-5H2,(H,13,16)(H,14,15). The lowest BCUT2D eigenvalue weighted by Gasteiger charge is -2.17.